The Labute approximate surface area is 118 Å². The minimum absolute atomic E-state index is 0.0916. The maximum Gasteiger partial charge on any atom is 0.354 e. The number of hydrogen-bond acceptors (Lipinski definition) is 3. The fourth-order valence-corrected chi connectivity index (χ4v) is 2.64. The van der Waals surface area contributed by atoms with Gasteiger partial charge in [-0.05, 0) is 36.8 Å². The number of piperidine rings is 1. The molecule has 0 spiro atoms. The number of rotatable bonds is 3. The number of likely N-dealkylation sites (tertiary alicyclic amines) is 1. The van der Waals surface area contributed by atoms with Crippen molar-refractivity contribution in [2.24, 2.45) is 5.41 Å². The van der Waals surface area contributed by atoms with Crippen LogP contribution in [0, 0.1) is 5.41 Å². The molecule has 108 valence electrons. The van der Waals surface area contributed by atoms with Crippen LogP contribution >= 0.6 is 0 Å². The predicted octanol–water partition coefficient (Wildman–Crippen LogP) is 2.43. The lowest BCUT2D eigenvalue weighted by Gasteiger charge is -2.40. The molecule has 1 fully saturated rings. The summed E-state index contributed by atoms with van der Waals surface area (Å²) in [4.78, 5) is 29.0. The van der Waals surface area contributed by atoms with Gasteiger partial charge in [0, 0.05) is 24.8 Å². The number of hydrogen-bond donors (Lipinski definition) is 1. The summed E-state index contributed by atoms with van der Waals surface area (Å²) in [5.41, 5.74) is 0.472. The van der Waals surface area contributed by atoms with Gasteiger partial charge in [0.05, 0.1) is 0 Å². The number of carbonyl (C=O) groups is 2. The number of nitrogens with zero attached hydrogens (tertiary/aromatic N) is 2. The summed E-state index contributed by atoms with van der Waals surface area (Å²) in [6.07, 6.45) is 4.53. The molecule has 1 aromatic rings. The molecule has 2 heterocycles. The van der Waals surface area contributed by atoms with Crippen LogP contribution in [0.3, 0.4) is 0 Å². The summed E-state index contributed by atoms with van der Waals surface area (Å²) in [5, 5.41) is 8.94. The first-order chi connectivity index (χ1) is 9.45. The first-order valence-electron chi connectivity index (χ1n) is 6.94. The van der Waals surface area contributed by atoms with E-state index in [0.29, 0.717) is 5.56 Å². The Morgan fingerprint density at radius 2 is 2.25 bits per heavy atom. The third-order valence-electron chi connectivity index (χ3n) is 4.15. The minimum Gasteiger partial charge on any atom is -0.477 e. The monoisotopic (exact) mass is 276 g/mol. The van der Waals surface area contributed by atoms with Crippen molar-refractivity contribution in [3.8, 4) is 0 Å². The molecule has 0 aliphatic carbocycles. The molecule has 1 aliphatic heterocycles. The summed E-state index contributed by atoms with van der Waals surface area (Å²) in [7, 11) is 0. The van der Waals surface area contributed by atoms with E-state index < -0.39 is 5.97 Å². The highest BCUT2D eigenvalue weighted by Crippen LogP contribution is 2.33. The van der Waals surface area contributed by atoms with Crippen molar-refractivity contribution >= 4 is 11.9 Å². The van der Waals surface area contributed by atoms with Gasteiger partial charge in [0.15, 0.2) is 0 Å². The molecule has 0 radical (unpaired) electrons. The smallest absolute Gasteiger partial charge is 0.354 e. The molecule has 0 aromatic carbocycles. The highest BCUT2D eigenvalue weighted by atomic mass is 16.4. The molecule has 1 N–H and O–H groups in total. The second-order valence-corrected chi connectivity index (χ2v) is 5.73. The molecule has 1 aromatic heterocycles. The molecule has 5 nitrogen and oxygen atoms in total. The van der Waals surface area contributed by atoms with Crippen LogP contribution in [0.5, 0.6) is 0 Å². The third kappa shape index (κ3) is 2.98. The van der Waals surface area contributed by atoms with E-state index in [-0.39, 0.29) is 17.0 Å². The Bertz CT molecular complexity index is 530. The lowest BCUT2D eigenvalue weighted by atomic mass is 9.79. The van der Waals surface area contributed by atoms with Crippen LogP contribution in [0.4, 0.5) is 0 Å². The lowest BCUT2D eigenvalue weighted by Crippen LogP contribution is -2.44. The predicted molar refractivity (Wildman–Crippen MR) is 74.7 cm³/mol. The van der Waals surface area contributed by atoms with E-state index in [9.17, 15) is 9.59 Å². The van der Waals surface area contributed by atoms with Gasteiger partial charge in [0.1, 0.15) is 5.69 Å². The SMILES string of the molecule is CCC1(C)CCCN(C(=O)c2ccnc(C(=O)O)c2)C1. The zero-order valence-electron chi connectivity index (χ0n) is 11.9. The number of carbonyl (C=O) groups excluding carboxylic acids is 1. The molecule has 0 bridgehead atoms. The number of amides is 1. The maximum atomic E-state index is 12.5. The van der Waals surface area contributed by atoms with Crippen molar-refractivity contribution in [1.29, 1.82) is 0 Å². The average Bonchev–Trinajstić information content (AvgIpc) is 2.46. The summed E-state index contributed by atoms with van der Waals surface area (Å²) >= 11 is 0. The van der Waals surface area contributed by atoms with Gasteiger partial charge in [-0.1, -0.05) is 13.8 Å². The fraction of sp³-hybridized carbons (Fsp3) is 0.533. The van der Waals surface area contributed by atoms with Gasteiger partial charge in [-0.15, -0.1) is 0 Å². The van der Waals surface area contributed by atoms with Gasteiger partial charge in [-0.2, -0.15) is 0 Å². The molecule has 0 saturated carbocycles. The number of carboxylic acids is 1. The molecule has 1 aliphatic rings. The molecule has 1 saturated heterocycles. The highest BCUT2D eigenvalue weighted by Gasteiger charge is 2.32. The number of pyridine rings is 1. The first kappa shape index (κ1) is 14.5. The summed E-state index contributed by atoms with van der Waals surface area (Å²) in [6, 6.07) is 2.93. The molecule has 5 heteroatoms. The summed E-state index contributed by atoms with van der Waals surface area (Å²) in [6.45, 7) is 5.80. The van der Waals surface area contributed by atoms with Crippen molar-refractivity contribution < 1.29 is 14.7 Å². The van der Waals surface area contributed by atoms with E-state index in [0.717, 1.165) is 32.4 Å². The second kappa shape index (κ2) is 5.61. The van der Waals surface area contributed by atoms with Gasteiger partial charge in [-0.25, -0.2) is 9.78 Å². The standard InChI is InChI=1S/C15H20N2O3/c1-3-15(2)6-4-8-17(10-15)13(18)11-5-7-16-12(9-11)14(19)20/h5,7,9H,3-4,6,8,10H2,1-2H3,(H,19,20). The summed E-state index contributed by atoms with van der Waals surface area (Å²) < 4.78 is 0. The number of carboxylic acid groups (broad SMARTS) is 1. The molecule has 2 rings (SSSR count). The topological polar surface area (TPSA) is 70.5 Å². The van der Waals surface area contributed by atoms with Crippen molar-refractivity contribution in [3.63, 3.8) is 0 Å². The normalized spacial score (nSPS) is 22.6. The number of aromatic carboxylic acids is 1. The quantitative estimate of drug-likeness (QED) is 0.920. The Morgan fingerprint density at radius 3 is 2.90 bits per heavy atom. The Kier molecular flexibility index (Phi) is 4.06. The summed E-state index contributed by atoms with van der Waals surface area (Å²) in [5.74, 6) is -1.22. The third-order valence-corrected chi connectivity index (χ3v) is 4.15. The van der Waals surface area contributed by atoms with Crippen LogP contribution in [0.1, 0.15) is 54.0 Å². The van der Waals surface area contributed by atoms with E-state index in [4.69, 9.17) is 5.11 Å². The lowest BCUT2D eigenvalue weighted by molar-refractivity contribution is 0.0542. The number of aromatic nitrogens is 1. The molecular formula is C15H20N2O3. The molecule has 1 unspecified atom stereocenters. The van der Waals surface area contributed by atoms with Crippen LogP contribution in [0.2, 0.25) is 0 Å². The van der Waals surface area contributed by atoms with E-state index in [1.807, 2.05) is 4.90 Å². The zero-order valence-corrected chi connectivity index (χ0v) is 11.9. The van der Waals surface area contributed by atoms with Gasteiger partial charge in [0.2, 0.25) is 0 Å². The maximum absolute atomic E-state index is 12.5. The largest absolute Gasteiger partial charge is 0.477 e. The van der Waals surface area contributed by atoms with Gasteiger partial charge in [0.25, 0.3) is 5.91 Å². The van der Waals surface area contributed by atoms with Crippen molar-refractivity contribution in [2.75, 3.05) is 13.1 Å². The Balaban J connectivity index is 2.19. The van der Waals surface area contributed by atoms with Crippen LogP contribution in [0.25, 0.3) is 0 Å². The highest BCUT2D eigenvalue weighted by molar-refractivity contribution is 5.96. The fourth-order valence-electron chi connectivity index (χ4n) is 2.64. The van der Waals surface area contributed by atoms with Crippen LogP contribution in [0.15, 0.2) is 18.3 Å². The Morgan fingerprint density at radius 1 is 1.50 bits per heavy atom. The molecular weight excluding hydrogens is 256 g/mol. The molecule has 1 atom stereocenters. The zero-order chi connectivity index (χ0) is 14.8. The first-order valence-corrected chi connectivity index (χ1v) is 6.94. The van der Waals surface area contributed by atoms with E-state index in [2.05, 4.69) is 18.8 Å². The minimum atomic E-state index is -1.11. The Hall–Kier alpha value is -1.91. The van der Waals surface area contributed by atoms with Crippen molar-refractivity contribution in [1.82, 2.24) is 9.88 Å². The van der Waals surface area contributed by atoms with E-state index in [1.165, 1.54) is 12.3 Å². The van der Waals surface area contributed by atoms with E-state index in [1.54, 1.807) is 6.07 Å². The van der Waals surface area contributed by atoms with Gasteiger partial charge < -0.3 is 10.0 Å². The van der Waals surface area contributed by atoms with Crippen molar-refractivity contribution in [3.05, 3.63) is 29.6 Å². The van der Waals surface area contributed by atoms with E-state index >= 15 is 0 Å². The van der Waals surface area contributed by atoms with Gasteiger partial charge in [-0.3, -0.25) is 4.79 Å². The van der Waals surface area contributed by atoms with Crippen LogP contribution in [-0.2, 0) is 0 Å². The average molecular weight is 276 g/mol. The van der Waals surface area contributed by atoms with Crippen LogP contribution in [-0.4, -0.2) is 40.0 Å². The molecule has 20 heavy (non-hydrogen) atoms. The van der Waals surface area contributed by atoms with Crippen molar-refractivity contribution in [2.45, 2.75) is 33.1 Å². The van der Waals surface area contributed by atoms with Gasteiger partial charge >= 0.3 is 5.97 Å². The second-order valence-electron chi connectivity index (χ2n) is 5.73. The molecule has 1 amide bonds. The van der Waals surface area contributed by atoms with Crippen LogP contribution < -0.4 is 0 Å².